The standard InChI is InChI=1S/C15H29NO4/c1-9(2)11(13(17)19-8)12(10(3)4)16-14(18)20-15(5,6)7/h9-12H,1-8H3,(H,16,18)/t11-,12-/m0/s1. The van der Waals surface area contributed by atoms with Gasteiger partial charge in [-0.05, 0) is 32.6 Å². The molecule has 1 N–H and O–H groups in total. The molecule has 0 aliphatic rings. The maximum Gasteiger partial charge on any atom is 0.407 e. The van der Waals surface area contributed by atoms with Crippen molar-refractivity contribution in [1.82, 2.24) is 5.32 Å². The molecule has 0 heterocycles. The molecule has 0 aromatic carbocycles. The Morgan fingerprint density at radius 3 is 1.80 bits per heavy atom. The van der Waals surface area contributed by atoms with Crippen molar-refractivity contribution in [3.8, 4) is 0 Å². The Bertz CT molecular complexity index is 331. The first-order valence-electron chi connectivity index (χ1n) is 7.07. The van der Waals surface area contributed by atoms with Gasteiger partial charge < -0.3 is 14.8 Å². The van der Waals surface area contributed by atoms with Crippen molar-refractivity contribution in [2.45, 2.75) is 60.1 Å². The van der Waals surface area contributed by atoms with Crippen LogP contribution < -0.4 is 5.32 Å². The Labute approximate surface area is 122 Å². The molecule has 0 aliphatic heterocycles. The fourth-order valence-electron chi connectivity index (χ4n) is 2.08. The number of carbonyl (C=O) groups excluding carboxylic acids is 2. The summed E-state index contributed by atoms with van der Waals surface area (Å²) in [5.41, 5.74) is -0.565. The largest absolute Gasteiger partial charge is 0.469 e. The lowest BCUT2D eigenvalue weighted by Crippen LogP contribution is -2.50. The molecule has 0 spiro atoms. The molecule has 118 valence electrons. The van der Waals surface area contributed by atoms with Crippen LogP contribution in [-0.2, 0) is 14.3 Å². The summed E-state index contributed by atoms with van der Waals surface area (Å²) in [6.45, 7) is 13.2. The van der Waals surface area contributed by atoms with E-state index in [1.807, 2.05) is 27.7 Å². The predicted molar refractivity (Wildman–Crippen MR) is 78.3 cm³/mol. The number of hydrogen-bond donors (Lipinski definition) is 1. The van der Waals surface area contributed by atoms with Gasteiger partial charge in [-0.15, -0.1) is 0 Å². The van der Waals surface area contributed by atoms with Crippen molar-refractivity contribution in [2.75, 3.05) is 7.11 Å². The van der Waals surface area contributed by atoms with E-state index in [9.17, 15) is 9.59 Å². The molecule has 0 saturated heterocycles. The van der Waals surface area contributed by atoms with Gasteiger partial charge in [-0.25, -0.2) is 4.79 Å². The number of esters is 1. The quantitative estimate of drug-likeness (QED) is 0.789. The highest BCUT2D eigenvalue weighted by molar-refractivity contribution is 5.75. The van der Waals surface area contributed by atoms with Crippen LogP contribution in [0.5, 0.6) is 0 Å². The second-order valence-corrected chi connectivity index (χ2v) is 6.71. The van der Waals surface area contributed by atoms with E-state index in [1.165, 1.54) is 7.11 Å². The maximum atomic E-state index is 12.0. The molecule has 0 fully saturated rings. The second-order valence-electron chi connectivity index (χ2n) is 6.71. The van der Waals surface area contributed by atoms with Crippen LogP contribution in [0.2, 0.25) is 0 Å². The average Bonchev–Trinajstić information content (AvgIpc) is 2.24. The zero-order chi connectivity index (χ0) is 16.1. The van der Waals surface area contributed by atoms with Crippen molar-refractivity contribution >= 4 is 12.1 Å². The minimum Gasteiger partial charge on any atom is -0.469 e. The van der Waals surface area contributed by atoms with Gasteiger partial charge in [0, 0.05) is 6.04 Å². The topological polar surface area (TPSA) is 64.6 Å². The highest BCUT2D eigenvalue weighted by Crippen LogP contribution is 2.23. The Hall–Kier alpha value is -1.26. The third-order valence-corrected chi connectivity index (χ3v) is 2.98. The van der Waals surface area contributed by atoms with Crippen molar-refractivity contribution in [2.24, 2.45) is 17.8 Å². The Morgan fingerprint density at radius 2 is 1.50 bits per heavy atom. The molecule has 0 bridgehead atoms. The van der Waals surface area contributed by atoms with Crippen molar-refractivity contribution < 1.29 is 19.1 Å². The van der Waals surface area contributed by atoms with Crippen LogP contribution in [0.1, 0.15) is 48.5 Å². The summed E-state index contributed by atoms with van der Waals surface area (Å²) in [5, 5.41) is 2.81. The summed E-state index contributed by atoms with van der Waals surface area (Å²) in [7, 11) is 1.36. The molecule has 2 atom stereocenters. The van der Waals surface area contributed by atoms with E-state index in [2.05, 4.69) is 5.32 Å². The minimum absolute atomic E-state index is 0.0600. The fourth-order valence-corrected chi connectivity index (χ4v) is 2.08. The van der Waals surface area contributed by atoms with Gasteiger partial charge in [-0.3, -0.25) is 4.79 Å². The molecular formula is C15H29NO4. The smallest absolute Gasteiger partial charge is 0.407 e. The lowest BCUT2D eigenvalue weighted by atomic mass is 9.82. The molecular weight excluding hydrogens is 258 g/mol. The van der Waals surface area contributed by atoms with Crippen molar-refractivity contribution in [3.05, 3.63) is 0 Å². The molecule has 0 aromatic heterocycles. The van der Waals surface area contributed by atoms with Gasteiger partial charge in [-0.2, -0.15) is 0 Å². The number of methoxy groups -OCH3 is 1. The fraction of sp³-hybridized carbons (Fsp3) is 0.867. The average molecular weight is 287 g/mol. The zero-order valence-electron chi connectivity index (χ0n) is 13.9. The van der Waals surface area contributed by atoms with Gasteiger partial charge in [0.25, 0.3) is 0 Å². The SMILES string of the molecule is COC(=O)[C@@H](C(C)C)[C@@H](NC(=O)OC(C)(C)C)C(C)C. The number of ether oxygens (including phenoxy) is 2. The molecule has 0 radical (unpaired) electrons. The predicted octanol–water partition coefficient (Wildman–Crippen LogP) is 2.98. The van der Waals surface area contributed by atoms with Crippen LogP contribution in [0.3, 0.4) is 0 Å². The Balaban J connectivity index is 5.03. The van der Waals surface area contributed by atoms with E-state index in [1.54, 1.807) is 20.8 Å². The lowest BCUT2D eigenvalue weighted by molar-refractivity contribution is -0.148. The summed E-state index contributed by atoms with van der Waals surface area (Å²) in [5.74, 6) is -0.555. The summed E-state index contributed by atoms with van der Waals surface area (Å²) in [6.07, 6.45) is -0.509. The number of rotatable bonds is 5. The van der Waals surface area contributed by atoms with Gasteiger partial charge in [0.1, 0.15) is 5.60 Å². The zero-order valence-corrected chi connectivity index (χ0v) is 13.9. The molecule has 0 aromatic rings. The van der Waals surface area contributed by atoms with Gasteiger partial charge in [0.15, 0.2) is 0 Å². The molecule has 0 unspecified atom stereocenters. The molecule has 0 saturated carbocycles. The monoisotopic (exact) mass is 287 g/mol. The number of hydrogen-bond acceptors (Lipinski definition) is 4. The molecule has 5 nitrogen and oxygen atoms in total. The maximum absolute atomic E-state index is 12.0. The Morgan fingerprint density at radius 1 is 1.00 bits per heavy atom. The third-order valence-electron chi connectivity index (χ3n) is 2.98. The van der Waals surface area contributed by atoms with Crippen LogP contribution >= 0.6 is 0 Å². The molecule has 5 heteroatoms. The number of amides is 1. The van der Waals surface area contributed by atoms with E-state index in [0.717, 1.165) is 0 Å². The summed E-state index contributed by atoms with van der Waals surface area (Å²) in [4.78, 5) is 23.9. The third kappa shape index (κ3) is 6.26. The molecule has 20 heavy (non-hydrogen) atoms. The lowest BCUT2D eigenvalue weighted by Gasteiger charge is -2.32. The van der Waals surface area contributed by atoms with Crippen LogP contribution in [0, 0.1) is 17.8 Å². The van der Waals surface area contributed by atoms with Crippen LogP contribution in [0.25, 0.3) is 0 Å². The number of nitrogens with one attached hydrogen (secondary N) is 1. The first-order chi connectivity index (χ1) is 8.99. The second kappa shape index (κ2) is 7.50. The van der Waals surface area contributed by atoms with Gasteiger partial charge in [0.2, 0.25) is 0 Å². The van der Waals surface area contributed by atoms with Crippen molar-refractivity contribution in [1.29, 1.82) is 0 Å². The van der Waals surface area contributed by atoms with Gasteiger partial charge in [-0.1, -0.05) is 27.7 Å². The van der Waals surface area contributed by atoms with Crippen LogP contribution in [0.15, 0.2) is 0 Å². The highest BCUT2D eigenvalue weighted by atomic mass is 16.6. The summed E-state index contributed by atoms with van der Waals surface area (Å²) < 4.78 is 10.1. The summed E-state index contributed by atoms with van der Waals surface area (Å²) >= 11 is 0. The Kier molecular flexibility index (Phi) is 7.03. The van der Waals surface area contributed by atoms with E-state index >= 15 is 0 Å². The normalized spacial score (nSPS) is 14.9. The first kappa shape index (κ1) is 18.7. The van der Waals surface area contributed by atoms with E-state index < -0.39 is 17.6 Å². The van der Waals surface area contributed by atoms with Crippen LogP contribution in [-0.4, -0.2) is 30.8 Å². The van der Waals surface area contributed by atoms with Gasteiger partial charge in [0.05, 0.1) is 13.0 Å². The summed E-state index contributed by atoms with van der Waals surface area (Å²) in [6, 6.07) is -0.322. The number of carbonyl (C=O) groups is 2. The van der Waals surface area contributed by atoms with E-state index in [0.29, 0.717) is 0 Å². The van der Waals surface area contributed by atoms with E-state index in [4.69, 9.17) is 9.47 Å². The minimum atomic E-state index is -0.565. The highest BCUT2D eigenvalue weighted by Gasteiger charge is 2.35. The molecule has 1 amide bonds. The van der Waals surface area contributed by atoms with E-state index in [-0.39, 0.29) is 23.8 Å². The molecule has 0 rings (SSSR count). The van der Waals surface area contributed by atoms with Crippen molar-refractivity contribution in [3.63, 3.8) is 0 Å². The molecule has 0 aliphatic carbocycles. The first-order valence-corrected chi connectivity index (χ1v) is 7.07. The number of alkyl carbamates (subject to hydrolysis) is 1. The van der Waals surface area contributed by atoms with Crippen LogP contribution in [0.4, 0.5) is 4.79 Å². The van der Waals surface area contributed by atoms with Gasteiger partial charge >= 0.3 is 12.1 Å².